The van der Waals surface area contributed by atoms with Gasteiger partial charge in [0, 0.05) is 32.5 Å². The summed E-state index contributed by atoms with van der Waals surface area (Å²) in [6.07, 6.45) is 4.24. The topological polar surface area (TPSA) is 64.1 Å². The van der Waals surface area contributed by atoms with Crippen LogP contribution in [0, 0.1) is 0 Å². The Balaban J connectivity index is 0.00000147. The maximum Gasteiger partial charge on any atom is 0.191 e. The molecule has 2 heterocycles. The Labute approximate surface area is 137 Å². The minimum Gasteiger partial charge on any atom is -0.381 e. The Morgan fingerprint density at radius 1 is 1.30 bits per heavy atom. The van der Waals surface area contributed by atoms with Gasteiger partial charge in [0.15, 0.2) is 11.7 Å². The second-order valence-electron chi connectivity index (χ2n) is 5.45. The van der Waals surface area contributed by atoms with Gasteiger partial charge in [-0.3, -0.25) is 4.99 Å². The van der Waals surface area contributed by atoms with Gasteiger partial charge in [0.2, 0.25) is 0 Å². The smallest absolute Gasteiger partial charge is 0.191 e. The van der Waals surface area contributed by atoms with Crippen molar-refractivity contribution in [2.75, 3.05) is 33.4 Å². The maximum absolute atomic E-state index is 6.06. The molecule has 1 saturated carbocycles. The summed E-state index contributed by atoms with van der Waals surface area (Å²) in [4.78, 5) is 4.21. The third kappa shape index (κ3) is 4.19. The van der Waals surface area contributed by atoms with Gasteiger partial charge < -0.3 is 24.8 Å². The maximum atomic E-state index is 6.06. The number of guanidine groups is 1. The number of rotatable bonds is 3. The van der Waals surface area contributed by atoms with Crippen LogP contribution in [-0.2, 0) is 14.2 Å². The molecule has 0 aromatic heterocycles. The van der Waals surface area contributed by atoms with Gasteiger partial charge in [-0.1, -0.05) is 0 Å². The van der Waals surface area contributed by atoms with Crippen molar-refractivity contribution in [2.45, 2.75) is 43.6 Å². The minimum absolute atomic E-state index is 0. The van der Waals surface area contributed by atoms with Gasteiger partial charge in [0.1, 0.15) is 6.10 Å². The highest BCUT2D eigenvalue weighted by atomic mass is 127. The summed E-state index contributed by atoms with van der Waals surface area (Å²) >= 11 is 0. The van der Waals surface area contributed by atoms with Crippen LogP contribution in [-0.4, -0.2) is 57.3 Å². The third-order valence-electron chi connectivity index (χ3n) is 3.81. The molecule has 3 aliphatic rings. The minimum atomic E-state index is -0.391. The number of ether oxygens (including phenoxy) is 3. The second kappa shape index (κ2) is 7.24. The van der Waals surface area contributed by atoms with Crippen LogP contribution in [0.25, 0.3) is 0 Å². The first-order chi connectivity index (χ1) is 9.30. The number of hydrogen-bond donors (Lipinski definition) is 2. The number of hydrogen-bond acceptors (Lipinski definition) is 4. The van der Waals surface area contributed by atoms with Crippen LogP contribution in [0.4, 0.5) is 0 Å². The molecule has 116 valence electrons. The van der Waals surface area contributed by atoms with Gasteiger partial charge >= 0.3 is 0 Å². The second-order valence-corrected chi connectivity index (χ2v) is 5.45. The summed E-state index contributed by atoms with van der Waals surface area (Å²) < 4.78 is 17.3. The average Bonchev–Trinajstić information content (AvgIpc) is 3.18. The highest BCUT2D eigenvalue weighted by Crippen LogP contribution is 2.32. The standard InChI is InChI=1S/C13H23N3O3.HI/c1-14-12(16-10-2-3-10)15-8-11-9-18-13(19-11)4-6-17-7-5-13;/h10-11H,2-9H2,1H3,(H2,14,15,16);1H. The molecule has 0 bridgehead atoms. The lowest BCUT2D eigenvalue weighted by Gasteiger charge is -2.31. The Bertz CT molecular complexity index is 344. The van der Waals surface area contributed by atoms with Crippen molar-refractivity contribution in [3.63, 3.8) is 0 Å². The van der Waals surface area contributed by atoms with E-state index in [0.29, 0.717) is 12.6 Å². The Morgan fingerprint density at radius 2 is 2.05 bits per heavy atom. The summed E-state index contributed by atoms with van der Waals surface area (Å²) in [5.41, 5.74) is 0. The molecule has 0 amide bonds. The predicted molar refractivity (Wildman–Crippen MR) is 86.5 cm³/mol. The number of aliphatic imine (C=N–C) groups is 1. The van der Waals surface area contributed by atoms with Gasteiger partial charge in [0.05, 0.1) is 19.8 Å². The molecule has 1 unspecified atom stereocenters. The highest BCUT2D eigenvalue weighted by molar-refractivity contribution is 14.0. The van der Waals surface area contributed by atoms with Crippen molar-refractivity contribution < 1.29 is 14.2 Å². The van der Waals surface area contributed by atoms with Crippen LogP contribution >= 0.6 is 24.0 Å². The molecule has 6 nitrogen and oxygen atoms in total. The van der Waals surface area contributed by atoms with Gasteiger partial charge in [-0.15, -0.1) is 24.0 Å². The number of halogens is 1. The van der Waals surface area contributed by atoms with Gasteiger partial charge in [-0.05, 0) is 12.8 Å². The highest BCUT2D eigenvalue weighted by Gasteiger charge is 2.42. The molecular formula is C13H24IN3O3. The van der Waals surface area contributed by atoms with E-state index in [4.69, 9.17) is 14.2 Å². The van der Waals surface area contributed by atoms with Crippen LogP contribution in [0.1, 0.15) is 25.7 Å². The predicted octanol–water partition coefficient (Wildman–Crippen LogP) is 0.854. The average molecular weight is 397 g/mol. The van der Waals surface area contributed by atoms with Gasteiger partial charge in [-0.25, -0.2) is 0 Å². The van der Waals surface area contributed by atoms with Crippen LogP contribution in [0.15, 0.2) is 4.99 Å². The molecule has 1 aliphatic carbocycles. The van der Waals surface area contributed by atoms with E-state index in [0.717, 1.165) is 38.6 Å². The summed E-state index contributed by atoms with van der Waals surface area (Å²) in [6, 6.07) is 0.605. The summed E-state index contributed by atoms with van der Waals surface area (Å²) in [5.74, 6) is 0.469. The van der Waals surface area contributed by atoms with Crippen molar-refractivity contribution in [1.82, 2.24) is 10.6 Å². The fraction of sp³-hybridized carbons (Fsp3) is 0.923. The molecular weight excluding hydrogens is 373 g/mol. The van der Waals surface area contributed by atoms with E-state index >= 15 is 0 Å². The van der Waals surface area contributed by atoms with Crippen LogP contribution in [0.5, 0.6) is 0 Å². The molecule has 1 spiro atoms. The fourth-order valence-corrected chi connectivity index (χ4v) is 2.49. The molecule has 2 saturated heterocycles. The van der Waals surface area contributed by atoms with Crippen molar-refractivity contribution in [3.8, 4) is 0 Å². The molecule has 3 fully saturated rings. The van der Waals surface area contributed by atoms with Crippen LogP contribution in [0.3, 0.4) is 0 Å². The normalized spacial score (nSPS) is 29.1. The Morgan fingerprint density at radius 3 is 2.70 bits per heavy atom. The lowest BCUT2D eigenvalue weighted by molar-refractivity contribution is -0.210. The first-order valence-electron chi connectivity index (χ1n) is 7.16. The summed E-state index contributed by atoms with van der Waals surface area (Å²) in [7, 11) is 1.80. The lowest BCUT2D eigenvalue weighted by atomic mass is 10.1. The largest absolute Gasteiger partial charge is 0.381 e. The Kier molecular flexibility index (Phi) is 5.88. The summed E-state index contributed by atoms with van der Waals surface area (Å²) in [5, 5.41) is 6.67. The zero-order valence-corrected chi connectivity index (χ0v) is 14.2. The number of nitrogens with one attached hydrogen (secondary N) is 2. The van der Waals surface area contributed by atoms with E-state index in [-0.39, 0.29) is 30.1 Å². The van der Waals surface area contributed by atoms with Crippen molar-refractivity contribution >= 4 is 29.9 Å². The van der Waals surface area contributed by atoms with E-state index in [1.165, 1.54) is 12.8 Å². The van der Waals surface area contributed by atoms with E-state index in [2.05, 4.69) is 15.6 Å². The van der Waals surface area contributed by atoms with Crippen LogP contribution < -0.4 is 10.6 Å². The first-order valence-corrected chi connectivity index (χ1v) is 7.16. The fourth-order valence-electron chi connectivity index (χ4n) is 2.49. The molecule has 0 radical (unpaired) electrons. The molecule has 2 aliphatic heterocycles. The number of nitrogens with zero attached hydrogens (tertiary/aromatic N) is 1. The molecule has 20 heavy (non-hydrogen) atoms. The van der Waals surface area contributed by atoms with Crippen LogP contribution in [0.2, 0.25) is 0 Å². The van der Waals surface area contributed by atoms with Crippen molar-refractivity contribution in [2.24, 2.45) is 4.99 Å². The zero-order chi connectivity index (χ0) is 13.1. The lowest BCUT2D eigenvalue weighted by Crippen LogP contribution is -2.43. The van der Waals surface area contributed by atoms with E-state index in [1.807, 2.05) is 0 Å². The molecule has 0 aromatic carbocycles. The molecule has 7 heteroatoms. The first kappa shape index (κ1) is 16.3. The SMILES string of the molecule is CN=C(NCC1COC2(CCOCC2)O1)NC1CC1.I. The quantitative estimate of drug-likeness (QED) is 0.420. The van der Waals surface area contributed by atoms with E-state index < -0.39 is 5.79 Å². The van der Waals surface area contributed by atoms with Gasteiger partial charge in [0.25, 0.3) is 0 Å². The third-order valence-corrected chi connectivity index (χ3v) is 3.81. The summed E-state index contributed by atoms with van der Waals surface area (Å²) in [6.45, 7) is 2.83. The van der Waals surface area contributed by atoms with Gasteiger partial charge in [-0.2, -0.15) is 0 Å². The molecule has 0 aromatic rings. The van der Waals surface area contributed by atoms with E-state index in [1.54, 1.807) is 7.05 Å². The van der Waals surface area contributed by atoms with Crippen molar-refractivity contribution in [3.05, 3.63) is 0 Å². The van der Waals surface area contributed by atoms with Crippen molar-refractivity contribution in [1.29, 1.82) is 0 Å². The molecule has 3 rings (SSSR count). The monoisotopic (exact) mass is 397 g/mol. The zero-order valence-electron chi connectivity index (χ0n) is 11.9. The Hall–Kier alpha value is -0.120. The van der Waals surface area contributed by atoms with E-state index in [9.17, 15) is 0 Å². The molecule has 1 atom stereocenters. The molecule has 2 N–H and O–H groups in total.